The van der Waals surface area contributed by atoms with Gasteiger partial charge < -0.3 is 0 Å². The normalized spacial score (nSPS) is 9.25. The van der Waals surface area contributed by atoms with E-state index in [4.69, 9.17) is 0 Å². The first-order valence-corrected chi connectivity index (χ1v) is 4.13. The van der Waals surface area contributed by atoms with E-state index < -0.39 is 0 Å². The number of hydrogen-bond donors (Lipinski definition) is 0. The van der Waals surface area contributed by atoms with Crippen LogP contribution in [0.4, 0.5) is 0 Å². The molecule has 0 nitrogen and oxygen atoms in total. The minimum atomic E-state index is 0.310. The molecular formula is C5H4BBr2-. The summed E-state index contributed by atoms with van der Waals surface area (Å²) < 4.78 is 0.310. The van der Waals surface area contributed by atoms with Crippen LogP contribution in [0.1, 0.15) is 0 Å². The molecule has 0 N–H and O–H groups in total. The maximum Gasteiger partial charge on any atom is 0.255 e. The molecule has 1 rings (SSSR count). The van der Waals surface area contributed by atoms with Crippen molar-refractivity contribution in [3.05, 3.63) is 24.3 Å². The largest absolute Gasteiger partial charge is 0.255 e. The van der Waals surface area contributed by atoms with Crippen LogP contribution < -0.4 is 5.46 Å². The van der Waals surface area contributed by atoms with Crippen LogP contribution in [0.15, 0.2) is 24.3 Å². The van der Waals surface area contributed by atoms with Crippen LogP contribution in [0.2, 0.25) is 0 Å². The Kier molecular flexibility index (Phi) is 2.26. The minimum absolute atomic E-state index is 0.310. The molecule has 0 radical (unpaired) electrons. The van der Waals surface area contributed by atoms with Gasteiger partial charge in [-0.3, -0.25) is 0 Å². The molecule has 8 heavy (non-hydrogen) atoms. The molecule has 0 saturated carbocycles. The summed E-state index contributed by atoms with van der Waals surface area (Å²) in [4.78, 5) is 0. The quantitative estimate of drug-likeness (QED) is 0.514. The molecule has 0 amide bonds. The SMILES string of the molecule is BrB(Br)c1cc[cH-]c1. The fraction of sp³-hybridized carbons (Fsp3) is 0. The molecular weight excluding hydrogens is 231 g/mol. The van der Waals surface area contributed by atoms with E-state index in [2.05, 4.69) is 43.6 Å². The second-order valence-corrected chi connectivity index (χ2v) is 4.58. The van der Waals surface area contributed by atoms with E-state index >= 15 is 0 Å². The first-order chi connectivity index (χ1) is 3.80. The monoisotopic (exact) mass is 233 g/mol. The van der Waals surface area contributed by atoms with E-state index in [1.807, 2.05) is 12.1 Å². The zero-order valence-electron chi connectivity index (χ0n) is 4.14. The summed E-state index contributed by atoms with van der Waals surface area (Å²) >= 11 is 6.76. The first-order valence-electron chi connectivity index (χ1n) is 2.30. The van der Waals surface area contributed by atoms with Gasteiger partial charge in [-0.15, -0.1) is 0 Å². The number of rotatable bonds is 1. The summed E-state index contributed by atoms with van der Waals surface area (Å²) in [7, 11) is 0. The summed E-state index contributed by atoms with van der Waals surface area (Å²) in [6.45, 7) is 0. The van der Waals surface area contributed by atoms with Crippen molar-refractivity contribution in [3.8, 4) is 0 Å². The molecule has 0 aliphatic carbocycles. The number of halogens is 2. The molecule has 0 fully saturated rings. The van der Waals surface area contributed by atoms with Crippen LogP contribution in [-0.4, -0.2) is 4.36 Å². The van der Waals surface area contributed by atoms with Gasteiger partial charge in [0.1, 0.15) is 0 Å². The standard InChI is InChI=1S/C5H4BBr2/c7-6(8)5-3-1-2-4-5/h1-4H/q-1. The van der Waals surface area contributed by atoms with Gasteiger partial charge in [0.2, 0.25) is 0 Å². The van der Waals surface area contributed by atoms with Crippen molar-refractivity contribution in [3.63, 3.8) is 0 Å². The molecule has 0 aromatic heterocycles. The van der Waals surface area contributed by atoms with Crippen LogP contribution >= 0.6 is 31.5 Å². The van der Waals surface area contributed by atoms with Gasteiger partial charge in [0, 0.05) is 0 Å². The predicted molar refractivity (Wildman–Crippen MR) is 45.3 cm³/mol. The summed E-state index contributed by atoms with van der Waals surface area (Å²) in [5, 5.41) is 0. The highest BCUT2D eigenvalue weighted by Gasteiger charge is 1.96. The van der Waals surface area contributed by atoms with Gasteiger partial charge in [0.05, 0.1) is 0 Å². The van der Waals surface area contributed by atoms with Gasteiger partial charge in [-0.25, -0.2) is 6.07 Å². The second-order valence-electron chi connectivity index (χ2n) is 1.52. The molecule has 3 heteroatoms. The van der Waals surface area contributed by atoms with Crippen molar-refractivity contribution in [1.82, 2.24) is 0 Å². The van der Waals surface area contributed by atoms with E-state index in [0.717, 1.165) is 0 Å². The first kappa shape index (κ1) is 6.49. The Morgan fingerprint density at radius 2 is 2.25 bits per heavy atom. The second kappa shape index (κ2) is 2.78. The summed E-state index contributed by atoms with van der Waals surface area (Å²) in [5.74, 6) is 0. The molecule has 0 atom stereocenters. The Balaban J connectivity index is 2.77. The van der Waals surface area contributed by atoms with Gasteiger partial charge in [-0.05, 0) is 0 Å². The highest BCUT2D eigenvalue weighted by molar-refractivity contribution is 9.49. The van der Waals surface area contributed by atoms with E-state index in [9.17, 15) is 0 Å². The Bertz CT molecular complexity index is 145. The van der Waals surface area contributed by atoms with Crippen LogP contribution in [0.25, 0.3) is 0 Å². The molecule has 0 aliphatic rings. The van der Waals surface area contributed by atoms with E-state index in [1.165, 1.54) is 5.46 Å². The van der Waals surface area contributed by atoms with Crippen molar-refractivity contribution in [2.75, 3.05) is 0 Å². The lowest BCUT2D eigenvalue weighted by Crippen LogP contribution is -2.12. The van der Waals surface area contributed by atoms with Gasteiger partial charge in [0.25, 0.3) is 4.36 Å². The summed E-state index contributed by atoms with van der Waals surface area (Å²) in [5.41, 5.74) is 1.27. The lowest BCUT2D eigenvalue weighted by Gasteiger charge is -1.97. The van der Waals surface area contributed by atoms with Gasteiger partial charge in [0.15, 0.2) is 0 Å². The highest BCUT2D eigenvalue weighted by Crippen LogP contribution is 2.02. The average Bonchev–Trinajstić information content (AvgIpc) is 2.12. The lowest BCUT2D eigenvalue weighted by molar-refractivity contribution is 2.03. The number of hydrogen-bond acceptors (Lipinski definition) is 0. The zero-order valence-corrected chi connectivity index (χ0v) is 7.31. The maximum atomic E-state index is 3.38. The van der Waals surface area contributed by atoms with E-state index in [0.29, 0.717) is 4.36 Å². The van der Waals surface area contributed by atoms with Crippen molar-refractivity contribution >= 4 is 41.3 Å². The zero-order chi connectivity index (χ0) is 5.98. The van der Waals surface area contributed by atoms with Crippen molar-refractivity contribution in [2.24, 2.45) is 0 Å². The Morgan fingerprint density at radius 3 is 2.50 bits per heavy atom. The van der Waals surface area contributed by atoms with E-state index in [1.54, 1.807) is 0 Å². The molecule has 42 valence electrons. The predicted octanol–water partition coefficient (Wildman–Crippen LogP) is 1.89. The Labute approximate surface area is 65.7 Å². The molecule has 1 aromatic rings. The molecule has 0 saturated heterocycles. The Hall–Kier alpha value is 0.375. The average molecular weight is 235 g/mol. The van der Waals surface area contributed by atoms with Crippen LogP contribution in [0, 0.1) is 0 Å². The topological polar surface area (TPSA) is 0 Å². The summed E-state index contributed by atoms with van der Waals surface area (Å²) in [6, 6.07) is 8.16. The molecule has 1 aromatic carbocycles. The van der Waals surface area contributed by atoms with Crippen LogP contribution in [-0.2, 0) is 0 Å². The van der Waals surface area contributed by atoms with Crippen molar-refractivity contribution in [2.45, 2.75) is 0 Å². The van der Waals surface area contributed by atoms with Crippen LogP contribution in [0.3, 0.4) is 0 Å². The van der Waals surface area contributed by atoms with Crippen LogP contribution in [0.5, 0.6) is 0 Å². The minimum Gasteiger partial charge on any atom is -0.215 e. The third-order valence-electron chi connectivity index (χ3n) is 0.940. The molecule has 0 heterocycles. The molecule has 0 bridgehead atoms. The maximum absolute atomic E-state index is 3.38. The molecule has 0 aliphatic heterocycles. The van der Waals surface area contributed by atoms with E-state index in [-0.39, 0.29) is 0 Å². The fourth-order valence-electron chi connectivity index (χ4n) is 0.534. The smallest absolute Gasteiger partial charge is 0.215 e. The third-order valence-corrected chi connectivity index (χ3v) is 2.00. The third kappa shape index (κ3) is 1.42. The van der Waals surface area contributed by atoms with Gasteiger partial charge in [-0.1, -0.05) is 0 Å². The Morgan fingerprint density at radius 1 is 1.50 bits per heavy atom. The van der Waals surface area contributed by atoms with Crippen molar-refractivity contribution < 1.29 is 0 Å². The summed E-state index contributed by atoms with van der Waals surface area (Å²) in [6.07, 6.45) is 0. The molecule has 0 unspecified atom stereocenters. The highest BCUT2D eigenvalue weighted by atomic mass is 79.9. The van der Waals surface area contributed by atoms with Gasteiger partial charge in [-0.2, -0.15) is 55.2 Å². The van der Waals surface area contributed by atoms with Gasteiger partial charge >= 0.3 is 0 Å². The lowest BCUT2D eigenvalue weighted by atomic mass is 10.00. The molecule has 0 spiro atoms. The van der Waals surface area contributed by atoms with Crippen molar-refractivity contribution in [1.29, 1.82) is 0 Å². The fourth-order valence-corrected chi connectivity index (χ4v) is 1.14.